The van der Waals surface area contributed by atoms with Crippen LogP contribution in [0.3, 0.4) is 0 Å². The summed E-state index contributed by atoms with van der Waals surface area (Å²) in [6.45, 7) is 0. The molecular formula is C16H14O2. The number of carbonyl (C=O) groups excluding carboxylic acids is 1. The van der Waals surface area contributed by atoms with Crippen LogP contribution in [-0.4, -0.2) is 13.4 Å². The highest BCUT2D eigenvalue weighted by Crippen LogP contribution is 2.20. The van der Waals surface area contributed by atoms with E-state index in [0.29, 0.717) is 5.56 Å². The van der Waals surface area contributed by atoms with Gasteiger partial charge in [0.1, 0.15) is 5.76 Å². The second-order valence-electron chi connectivity index (χ2n) is 3.83. The number of methoxy groups -OCH3 is 1. The fourth-order valence-electron chi connectivity index (χ4n) is 1.75. The van der Waals surface area contributed by atoms with Crippen molar-refractivity contribution in [2.75, 3.05) is 7.11 Å². The topological polar surface area (TPSA) is 26.3 Å². The summed E-state index contributed by atoms with van der Waals surface area (Å²) in [7, 11) is 1.63. The Kier molecular flexibility index (Phi) is 3.92. The van der Waals surface area contributed by atoms with Gasteiger partial charge in [-0.15, -0.1) is 0 Å². The van der Waals surface area contributed by atoms with E-state index in [0.717, 1.165) is 23.2 Å². The van der Waals surface area contributed by atoms with Crippen LogP contribution in [0, 0.1) is 0 Å². The Balaban J connectivity index is 2.44. The highest BCUT2D eigenvalue weighted by molar-refractivity contribution is 5.87. The van der Waals surface area contributed by atoms with Gasteiger partial charge in [-0.1, -0.05) is 54.6 Å². The zero-order valence-electron chi connectivity index (χ0n) is 10.2. The number of aldehydes is 1. The molecule has 0 fully saturated rings. The van der Waals surface area contributed by atoms with Gasteiger partial charge in [-0.3, -0.25) is 4.79 Å². The number of ether oxygens (including phenoxy) is 1. The van der Waals surface area contributed by atoms with Crippen molar-refractivity contribution in [3.8, 4) is 0 Å². The van der Waals surface area contributed by atoms with Crippen LogP contribution in [0.25, 0.3) is 11.8 Å². The summed E-state index contributed by atoms with van der Waals surface area (Å²) in [6, 6.07) is 17.2. The standard InChI is InChI=1S/C16H14O2/c1-18-16(13-7-3-2-4-8-13)11-14-9-5-6-10-15(14)12-17/h2-12H,1H3/b16-11+. The first-order chi connectivity index (χ1) is 8.85. The van der Waals surface area contributed by atoms with Crippen molar-refractivity contribution in [3.63, 3.8) is 0 Å². The van der Waals surface area contributed by atoms with E-state index in [9.17, 15) is 4.79 Å². The maximum atomic E-state index is 11.0. The van der Waals surface area contributed by atoms with Crippen LogP contribution in [0.15, 0.2) is 54.6 Å². The minimum absolute atomic E-state index is 0.656. The molecule has 2 heteroatoms. The van der Waals surface area contributed by atoms with E-state index < -0.39 is 0 Å². The minimum Gasteiger partial charge on any atom is -0.496 e. The first kappa shape index (κ1) is 12.1. The zero-order valence-corrected chi connectivity index (χ0v) is 10.2. The Labute approximate surface area is 107 Å². The molecule has 0 N–H and O–H groups in total. The average Bonchev–Trinajstić information content (AvgIpc) is 2.46. The maximum absolute atomic E-state index is 11.0. The molecule has 0 atom stereocenters. The molecule has 90 valence electrons. The lowest BCUT2D eigenvalue weighted by Crippen LogP contribution is -1.90. The second-order valence-corrected chi connectivity index (χ2v) is 3.83. The molecule has 0 unspecified atom stereocenters. The number of benzene rings is 2. The SMILES string of the molecule is CO/C(=C/c1ccccc1C=O)c1ccccc1. The molecule has 0 aromatic heterocycles. The second kappa shape index (κ2) is 5.82. The summed E-state index contributed by atoms with van der Waals surface area (Å²) < 4.78 is 5.38. The van der Waals surface area contributed by atoms with Gasteiger partial charge in [0.2, 0.25) is 0 Å². The number of rotatable bonds is 4. The molecule has 0 saturated heterocycles. The summed E-state index contributed by atoms with van der Waals surface area (Å²) in [5.74, 6) is 0.741. The normalized spacial score (nSPS) is 11.1. The molecule has 0 spiro atoms. The molecule has 2 aromatic carbocycles. The minimum atomic E-state index is 0.656. The number of hydrogen-bond acceptors (Lipinski definition) is 2. The summed E-state index contributed by atoms with van der Waals surface area (Å²) in [5, 5.41) is 0. The Bertz CT molecular complexity index is 556. The molecule has 2 rings (SSSR count). The van der Waals surface area contributed by atoms with E-state index in [-0.39, 0.29) is 0 Å². The fourth-order valence-corrected chi connectivity index (χ4v) is 1.75. The van der Waals surface area contributed by atoms with Crippen LogP contribution >= 0.6 is 0 Å². The van der Waals surface area contributed by atoms with Gasteiger partial charge in [-0.25, -0.2) is 0 Å². The van der Waals surface area contributed by atoms with E-state index in [1.807, 2.05) is 54.6 Å². The van der Waals surface area contributed by atoms with Crippen molar-refractivity contribution in [3.05, 3.63) is 71.3 Å². The van der Waals surface area contributed by atoms with Gasteiger partial charge in [-0.05, 0) is 11.6 Å². The highest BCUT2D eigenvalue weighted by atomic mass is 16.5. The Morgan fingerprint density at radius 3 is 2.17 bits per heavy atom. The molecule has 0 aliphatic heterocycles. The lowest BCUT2D eigenvalue weighted by molar-refractivity contribution is 0.112. The molecular weight excluding hydrogens is 224 g/mol. The first-order valence-electron chi connectivity index (χ1n) is 5.70. The zero-order chi connectivity index (χ0) is 12.8. The predicted molar refractivity (Wildman–Crippen MR) is 73.2 cm³/mol. The van der Waals surface area contributed by atoms with Crippen molar-refractivity contribution < 1.29 is 9.53 Å². The summed E-state index contributed by atoms with van der Waals surface area (Å²) in [5.41, 5.74) is 2.50. The molecule has 0 radical (unpaired) electrons. The van der Waals surface area contributed by atoms with Crippen molar-refractivity contribution in [2.45, 2.75) is 0 Å². The first-order valence-corrected chi connectivity index (χ1v) is 5.70. The highest BCUT2D eigenvalue weighted by Gasteiger charge is 2.03. The molecule has 18 heavy (non-hydrogen) atoms. The van der Waals surface area contributed by atoms with Crippen molar-refractivity contribution >= 4 is 18.1 Å². The molecule has 0 saturated carbocycles. The van der Waals surface area contributed by atoms with Gasteiger partial charge in [0, 0.05) is 11.1 Å². The molecule has 0 aliphatic carbocycles. The van der Waals surface area contributed by atoms with Gasteiger partial charge in [-0.2, -0.15) is 0 Å². The maximum Gasteiger partial charge on any atom is 0.150 e. The third kappa shape index (κ3) is 2.66. The smallest absolute Gasteiger partial charge is 0.150 e. The van der Waals surface area contributed by atoms with Crippen LogP contribution in [0.4, 0.5) is 0 Å². The van der Waals surface area contributed by atoms with Gasteiger partial charge >= 0.3 is 0 Å². The molecule has 2 nitrogen and oxygen atoms in total. The number of hydrogen-bond donors (Lipinski definition) is 0. The molecule has 0 amide bonds. The summed E-state index contributed by atoms with van der Waals surface area (Å²) in [6.07, 6.45) is 2.73. The average molecular weight is 238 g/mol. The Morgan fingerprint density at radius 1 is 0.944 bits per heavy atom. The van der Waals surface area contributed by atoms with E-state index in [1.165, 1.54) is 0 Å². The third-order valence-corrected chi connectivity index (χ3v) is 2.69. The van der Waals surface area contributed by atoms with Crippen molar-refractivity contribution in [1.29, 1.82) is 0 Å². The van der Waals surface area contributed by atoms with Crippen LogP contribution in [0.2, 0.25) is 0 Å². The van der Waals surface area contributed by atoms with E-state index >= 15 is 0 Å². The Hall–Kier alpha value is -2.35. The van der Waals surface area contributed by atoms with Crippen molar-refractivity contribution in [1.82, 2.24) is 0 Å². The van der Waals surface area contributed by atoms with Crippen molar-refractivity contribution in [2.24, 2.45) is 0 Å². The summed E-state index contributed by atoms with van der Waals surface area (Å²) in [4.78, 5) is 11.0. The molecule has 0 bridgehead atoms. The molecule has 2 aromatic rings. The largest absolute Gasteiger partial charge is 0.496 e. The predicted octanol–water partition coefficient (Wildman–Crippen LogP) is 3.64. The summed E-state index contributed by atoms with van der Waals surface area (Å²) >= 11 is 0. The lowest BCUT2D eigenvalue weighted by atomic mass is 10.1. The quantitative estimate of drug-likeness (QED) is 0.462. The van der Waals surface area contributed by atoms with Crippen LogP contribution < -0.4 is 0 Å². The van der Waals surface area contributed by atoms with Gasteiger partial charge in [0.25, 0.3) is 0 Å². The van der Waals surface area contributed by atoms with Crippen LogP contribution in [0.5, 0.6) is 0 Å². The molecule has 0 heterocycles. The van der Waals surface area contributed by atoms with Gasteiger partial charge < -0.3 is 4.74 Å². The third-order valence-electron chi connectivity index (χ3n) is 2.69. The van der Waals surface area contributed by atoms with E-state index in [2.05, 4.69) is 0 Å². The van der Waals surface area contributed by atoms with E-state index in [1.54, 1.807) is 13.2 Å². The monoisotopic (exact) mass is 238 g/mol. The lowest BCUT2D eigenvalue weighted by Gasteiger charge is -2.07. The van der Waals surface area contributed by atoms with Crippen LogP contribution in [0.1, 0.15) is 21.5 Å². The van der Waals surface area contributed by atoms with Gasteiger partial charge in [0.15, 0.2) is 6.29 Å². The number of carbonyl (C=O) groups is 1. The van der Waals surface area contributed by atoms with Gasteiger partial charge in [0.05, 0.1) is 7.11 Å². The Morgan fingerprint density at radius 2 is 1.56 bits per heavy atom. The van der Waals surface area contributed by atoms with E-state index in [4.69, 9.17) is 4.74 Å². The fraction of sp³-hybridized carbons (Fsp3) is 0.0625. The molecule has 0 aliphatic rings. The van der Waals surface area contributed by atoms with Crippen LogP contribution in [-0.2, 0) is 4.74 Å².